The van der Waals surface area contributed by atoms with Gasteiger partial charge in [-0.25, -0.2) is 0 Å². The van der Waals surface area contributed by atoms with Crippen LogP contribution in [0.25, 0.3) is 0 Å². The molecule has 2 aliphatic rings. The van der Waals surface area contributed by atoms with E-state index in [2.05, 4.69) is 11.4 Å². The van der Waals surface area contributed by atoms with E-state index >= 15 is 0 Å². The van der Waals surface area contributed by atoms with Gasteiger partial charge in [-0.05, 0) is 25.0 Å². The highest BCUT2D eigenvalue weighted by Crippen LogP contribution is 2.46. The molecule has 1 aromatic carbocycles. The van der Waals surface area contributed by atoms with Gasteiger partial charge >= 0.3 is 0 Å². The zero-order valence-electron chi connectivity index (χ0n) is 8.55. The lowest BCUT2D eigenvalue weighted by molar-refractivity contribution is 0.0567. The van der Waals surface area contributed by atoms with Crippen molar-refractivity contribution >= 4 is 17.3 Å². The van der Waals surface area contributed by atoms with Crippen LogP contribution in [0, 0.1) is 0 Å². The molecule has 0 atom stereocenters. The first kappa shape index (κ1) is 9.49. The van der Waals surface area contributed by atoms with Crippen LogP contribution in [0.3, 0.4) is 0 Å². The summed E-state index contributed by atoms with van der Waals surface area (Å²) in [6.45, 7) is 2.72. The van der Waals surface area contributed by atoms with Gasteiger partial charge in [-0.15, -0.1) is 0 Å². The minimum absolute atomic E-state index is 0.228. The summed E-state index contributed by atoms with van der Waals surface area (Å²) in [5.74, 6) is 0. The van der Waals surface area contributed by atoms with Gasteiger partial charge in [-0.1, -0.05) is 17.7 Å². The first-order chi connectivity index (χ1) is 7.32. The molecule has 0 unspecified atom stereocenters. The van der Waals surface area contributed by atoms with E-state index in [1.165, 1.54) is 11.3 Å². The topological polar surface area (TPSA) is 21.3 Å². The Morgan fingerprint density at radius 2 is 2.07 bits per heavy atom. The lowest BCUT2D eigenvalue weighted by Gasteiger charge is -2.33. The fraction of sp³-hybridized carbons (Fsp3) is 0.500. The third-order valence-electron chi connectivity index (χ3n) is 3.61. The maximum Gasteiger partial charge on any atom is 0.0475 e. The zero-order valence-corrected chi connectivity index (χ0v) is 9.31. The zero-order chi connectivity index (χ0) is 10.3. The first-order valence-corrected chi connectivity index (χ1v) is 5.80. The van der Waals surface area contributed by atoms with Crippen molar-refractivity contribution in [2.45, 2.75) is 18.3 Å². The summed E-state index contributed by atoms with van der Waals surface area (Å²) in [7, 11) is 0. The van der Waals surface area contributed by atoms with Crippen LogP contribution in [0.1, 0.15) is 18.4 Å². The van der Waals surface area contributed by atoms with Crippen molar-refractivity contribution in [3.05, 3.63) is 28.8 Å². The van der Waals surface area contributed by atoms with Crippen molar-refractivity contribution in [1.29, 1.82) is 0 Å². The van der Waals surface area contributed by atoms with Gasteiger partial charge in [0.25, 0.3) is 0 Å². The van der Waals surface area contributed by atoms with Crippen LogP contribution in [0.4, 0.5) is 5.69 Å². The Balaban J connectivity index is 2.09. The molecule has 3 rings (SSSR count). The molecule has 15 heavy (non-hydrogen) atoms. The van der Waals surface area contributed by atoms with Gasteiger partial charge in [0.15, 0.2) is 0 Å². The van der Waals surface area contributed by atoms with Crippen LogP contribution >= 0.6 is 11.6 Å². The van der Waals surface area contributed by atoms with Crippen LogP contribution in [0.5, 0.6) is 0 Å². The average molecular weight is 224 g/mol. The Morgan fingerprint density at radius 3 is 2.87 bits per heavy atom. The fourth-order valence-electron chi connectivity index (χ4n) is 2.75. The predicted molar refractivity (Wildman–Crippen MR) is 61.7 cm³/mol. The largest absolute Gasteiger partial charge is 0.384 e. The number of halogens is 1. The summed E-state index contributed by atoms with van der Waals surface area (Å²) in [4.78, 5) is 0. The molecule has 0 saturated carbocycles. The molecular weight excluding hydrogens is 210 g/mol. The summed E-state index contributed by atoms with van der Waals surface area (Å²) in [6, 6.07) is 6.11. The summed E-state index contributed by atoms with van der Waals surface area (Å²) in [6.07, 6.45) is 2.16. The lowest BCUT2D eigenvalue weighted by atomic mass is 9.76. The van der Waals surface area contributed by atoms with E-state index in [9.17, 15) is 0 Å². The lowest BCUT2D eigenvalue weighted by Crippen LogP contribution is -2.35. The van der Waals surface area contributed by atoms with Crippen LogP contribution < -0.4 is 5.32 Å². The van der Waals surface area contributed by atoms with Crippen LogP contribution in [-0.4, -0.2) is 19.8 Å². The quantitative estimate of drug-likeness (QED) is 0.730. The molecular formula is C12H14ClNO. The minimum Gasteiger partial charge on any atom is -0.384 e. The molecule has 0 aliphatic carbocycles. The Kier molecular flexibility index (Phi) is 2.15. The van der Waals surface area contributed by atoms with E-state index in [0.29, 0.717) is 0 Å². The maximum absolute atomic E-state index is 6.31. The van der Waals surface area contributed by atoms with Gasteiger partial charge in [-0.3, -0.25) is 0 Å². The Hall–Kier alpha value is -0.730. The Labute approximate surface area is 94.6 Å². The molecule has 0 radical (unpaired) electrons. The molecule has 0 aromatic heterocycles. The number of hydrogen-bond donors (Lipinski definition) is 1. The van der Waals surface area contributed by atoms with Gasteiger partial charge in [0.2, 0.25) is 0 Å². The molecule has 1 fully saturated rings. The highest BCUT2D eigenvalue weighted by atomic mass is 35.5. The van der Waals surface area contributed by atoms with E-state index in [1.54, 1.807) is 0 Å². The summed E-state index contributed by atoms with van der Waals surface area (Å²) in [5.41, 5.74) is 2.76. The molecule has 1 aromatic rings. The van der Waals surface area contributed by atoms with Gasteiger partial charge in [0.1, 0.15) is 0 Å². The van der Waals surface area contributed by atoms with Gasteiger partial charge < -0.3 is 10.1 Å². The van der Waals surface area contributed by atoms with Crippen LogP contribution in [0.2, 0.25) is 5.02 Å². The van der Waals surface area contributed by atoms with Crippen molar-refractivity contribution in [3.63, 3.8) is 0 Å². The molecule has 2 nitrogen and oxygen atoms in total. The van der Waals surface area contributed by atoms with E-state index < -0.39 is 0 Å². The molecule has 1 saturated heterocycles. The van der Waals surface area contributed by atoms with E-state index in [1.807, 2.05) is 12.1 Å². The van der Waals surface area contributed by atoms with Gasteiger partial charge in [-0.2, -0.15) is 0 Å². The molecule has 0 amide bonds. The Bertz CT molecular complexity index is 380. The molecule has 1 spiro atoms. The molecule has 2 aliphatic heterocycles. The molecule has 2 heterocycles. The normalized spacial score (nSPS) is 22.5. The summed E-state index contributed by atoms with van der Waals surface area (Å²) in [5, 5.41) is 4.36. The van der Waals surface area contributed by atoms with Crippen molar-refractivity contribution in [2.75, 3.05) is 25.1 Å². The highest BCUT2D eigenvalue weighted by Gasteiger charge is 2.41. The van der Waals surface area contributed by atoms with E-state index in [-0.39, 0.29) is 5.41 Å². The second-order valence-electron chi connectivity index (χ2n) is 4.41. The molecule has 80 valence electrons. The minimum atomic E-state index is 0.228. The van der Waals surface area contributed by atoms with Gasteiger partial charge in [0.05, 0.1) is 0 Å². The smallest absolute Gasteiger partial charge is 0.0475 e. The third-order valence-corrected chi connectivity index (χ3v) is 3.93. The standard InChI is InChI=1S/C12H14ClNO/c13-9-2-1-3-10-11(9)12(8-14-10)4-6-15-7-5-12/h1-3,14H,4-8H2. The van der Waals surface area contributed by atoms with Crippen molar-refractivity contribution < 1.29 is 4.74 Å². The average Bonchev–Trinajstić information content (AvgIpc) is 2.60. The number of hydrogen-bond acceptors (Lipinski definition) is 2. The van der Waals surface area contributed by atoms with E-state index in [0.717, 1.165) is 37.6 Å². The monoisotopic (exact) mass is 223 g/mol. The number of ether oxygens (including phenoxy) is 1. The highest BCUT2D eigenvalue weighted by molar-refractivity contribution is 6.32. The van der Waals surface area contributed by atoms with Crippen LogP contribution in [0.15, 0.2) is 18.2 Å². The van der Waals surface area contributed by atoms with Crippen LogP contribution in [-0.2, 0) is 10.2 Å². The third kappa shape index (κ3) is 1.35. The second kappa shape index (κ2) is 3.39. The van der Waals surface area contributed by atoms with E-state index in [4.69, 9.17) is 16.3 Å². The molecule has 1 N–H and O–H groups in total. The summed E-state index contributed by atoms with van der Waals surface area (Å²) >= 11 is 6.31. The number of benzene rings is 1. The van der Waals surface area contributed by atoms with Gasteiger partial charge in [0, 0.05) is 41.4 Å². The first-order valence-electron chi connectivity index (χ1n) is 5.42. The fourth-order valence-corrected chi connectivity index (χ4v) is 3.13. The van der Waals surface area contributed by atoms with Crippen molar-refractivity contribution in [1.82, 2.24) is 0 Å². The second-order valence-corrected chi connectivity index (χ2v) is 4.82. The molecule has 0 bridgehead atoms. The van der Waals surface area contributed by atoms with Crippen molar-refractivity contribution in [2.24, 2.45) is 0 Å². The Morgan fingerprint density at radius 1 is 1.27 bits per heavy atom. The number of anilines is 1. The number of rotatable bonds is 0. The number of nitrogens with one attached hydrogen (secondary N) is 1. The van der Waals surface area contributed by atoms with Crippen molar-refractivity contribution in [3.8, 4) is 0 Å². The SMILES string of the molecule is Clc1cccc2c1C1(CCOCC1)CN2. The number of fused-ring (bicyclic) bond motifs is 2. The molecule has 3 heteroatoms. The predicted octanol–water partition coefficient (Wildman–Crippen LogP) is 2.81. The maximum atomic E-state index is 6.31. The summed E-state index contributed by atoms with van der Waals surface area (Å²) < 4.78 is 5.44.